The molecule has 0 saturated carbocycles. The van der Waals surface area contributed by atoms with Crippen LogP contribution in [0.1, 0.15) is 33.3 Å². The first kappa shape index (κ1) is 15.0. The van der Waals surface area contributed by atoms with Crippen molar-refractivity contribution in [2.45, 2.75) is 38.6 Å². The number of nitrogens with two attached hydrogens (primary N) is 1. The van der Waals surface area contributed by atoms with Crippen molar-refractivity contribution in [1.82, 2.24) is 5.32 Å². The van der Waals surface area contributed by atoms with E-state index in [9.17, 15) is 4.79 Å². The summed E-state index contributed by atoms with van der Waals surface area (Å²) in [5.74, 6) is -0.164. The highest BCUT2D eigenvalue weighted by Crippen LogP contribution is 2.29. The fourth-order valence-corrected chi connectivity index (χ4v) is 2.03. The predicted molar refractivity (Wildman–Crippen MR) is 75.8 cm³/mol. The van der Waals surface area contributed by atoms with Crippen molar-refractivity contribution in [2.75, 3.05) is 6.54 Å². The third-order valence-electron chi connectivity index (χ3n) is 2.88. The molecule has 100 valence electrons. The summed E-state index contributed by atoms with van der Waals surface area (Å²) in [5.41, 5.74) is 5.65. The standard InChI is InChI=1S/C14H21ClN2O/c1-13(2,9-17-12(18)14(3,4)16)10-7-5-6-8-11(10)15/h5-8H,9,16H2,1-4H3,(H,17,18). The quantitative estimate of drug-likeness (QED) is 0.881. The van der Waals surface area contributed by atoms with Crippen LogP contribution in [0.2, 0.25) is 5.02 Å². The molecule has 0 aliphatic carbocycles. The number of hydrogen-bond donors (Lipinski definition) is 2. The van der Waals surface area contributed by atoms with E-state index in [4.69, 9.17) is 17.3 Å². The topological polar surface area (TPSA) is 55.1 Å². The van der Waals surface area contributed by atoms with E-state index in [2.05, 4.69) is 5.32 Å². The van der Waals surface area contributed by atoms with Gasteiger partial charge >= 0.3 is 0 Å². The normalized spacial score (nSPS) is 12.3. The minimum absolute atomic E-state index is 0.164. The third-order valence-corrected chi connectivity index (χ3v) is 3.21. The van der Waals surface area contributed by atoms with Gasteiger partial charge in [0, 0.05) is 17.0 Å². The molecule has 18 heavy (non-hydrogen) atoms. The molecule has 4 heteroatoms. The molecule has 3 N–H and O–H groups in total. The number of halogens is 1. The largest absolute Gasteiger partial charge is 0.354 e. The summed E-state index contributed by atoms with van der Waals surface area (Å²) in [6, 6.07) is 7.66. The maximum atomic E-state index is 11.8. The lowest BCUT2D eigenvalue weighted by Gasteiger charge is -2.28. The highest BCUT2D eigenvalue weighted by atomic mass is 35.5. The second-order valence-electron chi connectivity index (χ2n) is 5.77. The molecule has 0 fully saturated rings. The van der Waals surface area contributed by atoms with Gasteiger partial charge in [0.15, 0.2) is 0 Å². The second-order valence-corrected chi connectivity index (χ2v) is 6.18. The van der Waals surface area contributed by atoms with Gasteiger partial charge in [0.1, 0.15) is 0 Å². The average Bonchev–Trinajstić information content (AvgIpc) is 2.25. The fourth-order valence-electron chi connectivity index (χ4n) is 1.63. The van der Waals surface area contributed by atoms with Crippen molar-refractivity contribution in [1.29, 1.82) is 0 Å². The highest BCUT2D eigenvalue weighted by molar-refractivity contribution is 6.31. The summed E-state index contributed by atoms with van der Waals surface area (Å²) in [7, 11) is 0. The molecule has 0 spiro atoms. The lowest BCUT2D eigenvalue weighted by molar-refractivity contribution is -0.125. The SMILES string of the molecule is CC(C)(N)C(=O)NCC(C)(C)c1ccccc1Cl. The Labute approximate surface area is 114 Å². The van der Waals surface area contributed by atoms with Gasteiger partial charge in [-0.3, -0.25) is 4.79 Å². The van der Waals surface area contributed by atoms with E-state index in [-0.39, 0.29) is 11.3 Å². The molecule has 0 atom stereocenters. The van der Waals surface area contributed by atoms with E-state index in [1.54, 1.807) is 13.8 Å². The zero-order valence-corrected chi connectivity index (χ0v) is 12.1. The number of nitrogens with one attached hydrogen (secondary N) is 1. The summed E-state index contributed by atoms with van der Waals surface area (Å²) in [5, 5.41) is 3.58. The van der Waals surface area contributed by atoms with Crippen molar-refractivity contribution in [2.24, 2.45) is 5.73 Å². The van der Waals surface area contributed by atoms with Gasteiger partial charge in [-0.25, -0.2) is 0 Å². The molecular formula is C14H21ClN2O. The van der Waals surface area contributed by atoms with E-state index in [1.165, 1.54) is 0 Å². The lowest BCUT2D eigenvalue weighted by Crippen LogP contribution is -2.51. The van der Waals surface area contributed by atoms with Crippen LogP contribution in [-0.2, 0) is 10.2 Å². The highest BCUT2D eigenvalue weighted by Gasteiger charge is 2.27. The van der Waals surface area contributed by atoms with Crippen LogP contribution in [0.4, 0.5) is 0 Å². The third kappa shape index (κ3) is 3.72. The average molecular weight is 269 g/mol. The molecule has 1 amide bonds. The van der Waals surface area contributed by atoms with Crippen LogP contribution >= 0.6 is 11.6 Å². The number of benzene rings is 1. The predicted octanol–water partition coefficient (Wildman–Crippen LogP) is 2.47. The molecule has 1 rings (SSSR count). The summed E-state index contributed by atoms with van der Waals surface area (Å²) in [6.45, 7) is 7.95. The van der Waals surface area contributed by atoms with Crippen LogP contribution in [0.15, 0.2) is 24.3 Å². The summed E-state index contributed by atoms with van der Waals surface area (Å²) in [6.07, 6.45) is 0. The van der Waals surface area contributed by atoms with Gasteiger partial charge in [0.25, 0.3) is 0 Å². The smallest absolute Gasteiger partial charge is 0.239 e. The molecule has 0 aliphatic heterocycles. The first-order valence-corrected chi connectivity index (χ1v) is 6.34. The zero-order chi connectivity index (χ0) is 14.0. The molecule has 0 heterocycles. The summed E-state index contributed by atoms with van der Waals surface area (Å²) < 4.78 is 0. The van der Waals surface area contributed by atoms with Crippen molar-refractivity contribution < 1.29 is 4.79 Å². The summed E-state index contributed by atoms with van der Waals surface area (Å²) >= 11 is 6.18. The van der Waals surface area contributed by atoms with Crippen LogP contribution in [-0.4, -0.2) is 18.0 Å². The van der Waals surface area contributed by atoms with Crippen LogP contribution in [0.5, 0.6) is 0 Å². The minimum atomic E-state index is -0.865. The molecule has 0 saturated heterocycles. The van der Waals surface area contributed by atoms with Gasteiger partial charge in [0.2, 0.25) is 5.91 Å². The van der Waals surface area contributed by atoms with Crippen molar-refractivity contribution in [3.8, 4) is 0 Å². The van der Waals surface area contributed by atoms with Gasteiger partial charge < -0.3 is 11.1 Å². The van der Waals surface area contributed by atoms with Crippen molar-refractivity contribution >= 4 is 17.5 Å². The van der Waals surface area contributed by atoms with E-state index in [0.29, 0.717) is 11.6 Å². The number of hydrogen-bond acceptors (Lipinski definition) is 2. The molecule has 0 aromatic heterocycles. The van der Waals surface area contributed by atoms with E-state index >= 15 is 0 Å². The number of carbonyl (C=O) groups is 1. The van der Waals surface area contributed by atoms with Crippen molar-refractivity contribution in [3.63, 3.8) is 0 Å². The molecule has 1 aromatic rings. The summed E-state index contributed by atoms with van der Waals surface area (Å²) in [4.78, 5) is 11.8. The first-order valence-electron chi connectivity index (χ1n) is 5.97. The molecule has 1 aromatic carbocycles. The van der Waals surface area contributed by atoms with E-state index in [1.807, 2.05) is 38.1 Å². The molecule has 0 radical (unpaired) electrons. The maximum Gasteiger partial charge on any atom is 0.239 e. The lowest BCUT2D eigenvalue weighted by atomic mass is 9.84. The fraction of sp³-hybridized carbons (Fsp3) is 0.500. The molecule has 3 nitrogen and oxygen atoms in total. The molecule has 0 unspecified atom stereocenters. The monoisotopic (exact) mass is 268 g/mol. The van der Waals surface area contributed by atoms with E-state index < -0.39 is 5.54 Å². The molecule has 0 aliphatic rings. The Kier molecular flexibility index (Phi) is 4.41. The maximum absolute atomic E-state index is 11.8. The van der Waals surface area contributed by atoms with Gasteiger partial charge in [-0.2, -0.15) is 0 Å². The zero-order valence-electron chi connectivity index (χ0n) is 11.4. The molecular weight excluding hydrogens is 248 g/mol. The van der Waals surface area contributed by atoms with Crippen molar-refractivity contribution in [3.05, 3.63) is 34.9 Å². The van der Waals surface area contributed by atoms with Gasteiger partial charge in [-0.1, -0.05) is 43.6 Å². The van der Waals surface area contributed by atoms with Crippen LogP contribution in [0, 0.1) is 0 Å². The van der Waals surface area contributed by atoms with Crippen LogP contribution in [0.3, 0.4) is 0 Å². The molecule has 0 bridgehead atoms. The first-order chi connectivity index (χ1) is 8.14. The number of rotatable bonds is 4. The van der Waals surface area contributed by atoms with Gasteiger partial charge in [-0.15, -0.1) is 0 Å². The Hall–Kier alpha value is -1.06. The van der Waals surface area contributed by atoms with Gasteiger partial charge in [-0.05, 0) is 25.5 Å². The Bertz CT molecular complexity index is 436. The Balaban J connectivity index is 2.78. The number of amides is 1. The number of carbonyl (C=O) groups excluding carboxylic acids is 1. The Morgan fingerprint density at radius 2 is 1.83 bits per heavy atom. The minimum Gasteiger partial charge on any atom is -0.354 e. The van der Waals surface area contributed by atoms with E-state index in [0.717, 1.165) is 5.56 Å². The van der Waals surface area contributed by atoms with Crippen LogP contribution in [0.25, 0.3) is 0 Å². The van der Waals surface area contributed by atoms with Crippen LogP contribution < -0.4 is 11.1 Å². The Morgan fingerprint density at radius 1 is 1.28 bits per heavy atom. The second kappa shape index (κ2) is 5.29. The Morgan fingerprint density at radius 3 is 2.33 bits per heavy atom. The van der Waals surface area contributed by atoms with Gasteiger partial charge in [0.05, 0.1) is 5.54 Å².